The van der Waals surface area contributed by atoms with Crippen LogP contribution in [0.3, 0.4) is 0 Å². The molecule has 0 saturated heterocycles. The van der Waals surface area contributed by atoms with Crippen LogP contribution >= 0.6 is 0 Å². The third-order valence-corrected chi connectivity index (χ3v) is 2.21. The lowest BCUT2D eigenvalue weighted by Gasteiger charge is -2.00. The van der Waals surface area contributed by atoms with Gasteiger partial charge < -0.3 is 0 Å². The molecule has 0 atom stereocenters. The van der Waals surface area contributed by atoms with E-state index in [4.69, 9.17) is 5.26 Å². The molecule has 0 fully saturated rings. The van der Waals surface area contributed by atoms with Crippen LogP contribution in [0.1, 0.15) is 5.69 Å². The highest BCUT2D eigenvalue weighted by molar-refractivity contribution is 5.42. The first-order chi connectivity index (χ1) is 8.20. The molecule has 0 unspecified atom stereocenters. The van der Waals surface area contributed by atoms with Gasteiger partial charge in [0.1, 0.15) is 0 Å². The average Bonchev–Trinajstić information content (AvgIpc) is 2.78. The molecule has 2 aromatic rings. The van der Waals surface area contributed by atoms with Crippen molar-refractivity contribution >= 4 is 5.69 Å². The first-order valence-electron chi connectivity index (χ1n) is 4.87. The summed E-state index contributed by atoms with van der Waals surface area (Å²) in [5.74, 6) is 0. The van der Waals surface area contributed by atoms with Gasteiger partial charge in [-0.3, -0.25) is 10.1 Å². The lowest BCUT2D eigenvalue weighted by molar-refractivity contribution is -0.384. The molecule has 1 heterocycles. The van der Waals surface area contributed by atoms with Gasteiger partial charge in [0.2, 0.25) is 0 Å². The summed E-state index contributed by atoms with van der Waals surface area (Å²) in [6.07, 6.45) is 1.90. The number of rotatable bonds is 3. The summed E-state index contributed by atoms with van der Waals surface area (Å²) < 4.78 is 1.51. The maximum Gasteiger partial charge on any atom is 0.271 e. The van der Waals surface area contributed by atoms with Crippen molar-refractivity contribution in [2.75, 3.05) is 0 Å². The van der Waals surface area contributed by atoms with Crippen molar-refractivity contribution in [3.63, 3.8) is 0 Å². The smallest absolute Gasteiger partial charge is 0.258 e. The van der Waals surface area contributed by atoms with Crippen LogP contribution in [0.4, 0.5) is 5.69 Å². The topological polar surface area (TPSA) is 84.8 Å². The monoisotopic (exact) mass is 228 g/mol. The van der Waals surface area contributed by atoms with Gasteiger partial charge in [0, 0.05) is 18.3 Å². The van der Waals surface area contributed by atoms with Crippen molar-refractivity contribution in [1.29, 1.82) is 5.26 Å². The lowest BCUT2D eigenvalue weighted by atomic mass is 10.3. The van der Waals surface area contributed by atoms with E-state index >= 15 is 0 Å². The van der Waals surface area contributed by atoms with Gasteiger partial charge in [-0.1, -0.05) is 6.07 Å². The predicted molar refractivity (Wildman–Crippen MR) is 59.5 cm³/mol. The Hall–Kier alpha value is -2.68. The Kier molecular flexibility index (Phi) is 2.83. The molecule has 0 saturated carbocycles. The largest absolute Gasteiger partial charge is 0.271 e. The van der Waals surface area contributed by atoms with Crippen molar-refractivity contribution < 1.29 is 4.92 Å². The number of hydrogen-bond acceptors (Lipinski definition) is 4. The minimum atomic E-state index is -0.455. The van der Waals surface area contributed by atoms with Crippen LogP contribution in [0.2, 0.25) is 0 Å². The predicted octanol–water partition coefficient (Wildman–Crippen LogP) is 1.85. The van der Waals surface area contributed by atoms with Gasteiger partial charge in [0.05, 0.1) is 28.8 Å². The number of benzene rings is 1. The number of nitriles is 1. The molecule has 2 rings (SSSR count). The van der Waals surface area contributed by atoms with E-state index in [9.17, 15) is 10.1 Å². The standard InChI is InChI=1S/C11H8N4O2/c12-6-4-9-5-7-14(13-9)10-2-1-3-11(8-10)15(16)17/h1-3,5,7-8H,4H2. The fraction of sp³-hybridized carbons (Fsp3) is 0.0909. The van der Waals surface area contributed by atoms with Crippen molar-refractivity contribution in [1.82, 2.24) is 9.78 Å². The summed E-state index contributed by atoms with van der Waals surface area (Å²) in [7, 11) is 0. The fourth-order valence-electron chi connectivity index (χ4n) is 1.43. The Morgan fingerprint density at radius 2 is 2.29 bits per heavy atom. The second-order valence-electron chi connectivity index (χ2n) is 3.36. The van der Waals surface area contributed by atoms with Crippen molar-refractivity contribution in [3.8, 4) is 11.8 Å². The SMILES string of the molecule is N#CCc1ccn(-c2cccc([N+](=O)[O-])c2)n1. The molecule has 0 spiro atoms. The van der Waals surface area contributed by atoms with E-state index in [1.54, 1.807) is 24.4 Å². The molecule has 0 amide bonds. The zero-order chi connectivity index (χ0) is 12.3. The van der Waals surface area contributed by atoms with E-state index in [1.165, 1.54) is 16.8 Å². The van der Waals surface area contributed by atoms with Gasteiger partial charge in [-0.05, 0) is 12.1 Å². The molecule has 6 nitrogen and oxygen atoms in total. The van der Waals surface area contributed by atoms with Crippen LogP contribution in [-0.4, -0.2) is 14.7 Å². The van der Waals surface area contributed by atoms with Crippen molar-refractivity contribution in [2.45, 2.75) is 6.42 Å². The molecule has 0 radical (unpaired) electrons. The van der Waals surface area contributed by atoms with Gasteiger partial charge >= 0.3 is 0 Å². The van der Waals surface area contributed by atoms with Crippen molar-refractivity contribution in [3.05, 3.63) is 52.3 Å². The van der Waals surface area contributed by atoms with Gasteiger partial charge in [-0.25, -0.2) is 4.68 Å². The Morgan fingerprint density at radius 1 is 1.47 bits per heavy atom. The third kappa shape index (κ3) is 2.29. The lowest BCUT2D eigenvalue weighted by Crippen LogP contribution is -1.97. The summed E-state index contributed by atoms with van der Waals surface area (Å²) in [6, 6.07) is 9.87. The maximum atomic E-state index is 10.6. The van der Waals surface area contributed by atoms with E-state index in [0.29, 0.717) is 11.4 Å². The highest BCUT2D eigenvalue weighted by atomic mass is 16.6. The van der Waals surface area contributed by atoms with Gasteiger partial charge in [-0.15, -0.1) is 0 Å². The fourth-order valence-corrected chi connectivity index (χ4v) is 1.43. The van der Waals surface area contributed by atoms with E-state index in [2.05, 4.69) is 5.10 Å². The van der Waals surface area contributed by atoms with Crippen LogP contribution in [0.25, 0.3) is 5.69 Å². The number of nitro groups is 1. The Balaban J connectivity index is 2.36. The minimum Gasteiger partial charge on any atom is -0.258 e. The van der Waals surface area contributed by atoms with Crippen LogP contribution in [0.15, 0.2) is 36.5 Å². The summed E-state index contributed by atoms with van der Waals surface area (Å²) in [5.41, 5.74) is 1.25. The van der Waals surface area contributed by atoms with Gasteiger partial charge in [0.15, 0.2) is 0 Å². The number of nitro benzene ring substituents is 1. The zero-order valence-corrected chi connectivity index (χ0v) is 8.78. The summed E-state index contributed by atoms with van der Waals surface area (Å²) in [5, 5.41) is 23.3. The number of nitrogens with zero attached hydrogens (tertiary/aromatic N) is 4. The zero-order valence-electron chi connectivity index (χ0n) is 8.78. The molecule has 0 aliphatic carbocycles. The number of hydrogen-bond donors (Lipinski definition) is 0. The Bertz CT molecular complexity index is 598. The van der Waals surface area contributed by atoms with E-state index in [-0.39, 0.29) is 12.1 Å². The second kappa shape index (κ2) is 4.45. The molecule has 1 aromatic heterocycles. The average molecular weight is 228 g/mol. The molecule has 0 aliphatic rings. The first kappa shape index (κ1) is 10.8. The van der Waals surface area contributed by atoms with Crippen molar-refractivity contribution in [2.24, 2.45) is 0 Å². The molecule has 17 heavy (non-hydrogen) atoms. The second-order valence-corrected chi connectivity index (χ2v) is 3.36. The molecule has 0 N–H and O–H groups in total. The number of aromatic nitrogens is 2. The molecule has 0 bridgehead atoms. The number of non-ortho nitro benzene ring substituents is 1. The minimum absolute atomic E-state index is 0.0137. The van der Waals surface area contributed by atoms with E-state index in [1.807, 2.05) is 6.07 Å². The molecular formula is C11H8N4O2. The van der Waals surface area contributed by atoms with E-state index in [0.717, 1.165) is 0 Å². The molecule has 6 heteroatoms. The summed E-state index contributed by atoms with van der Waals surface area (Å²) in [4.78, 5) is 10.2. The maximum absolute atomic E-state index is 10.6. The van der Waals surface area contributed by atoms with Crippen LogP contribution in [0.5, 0.6) is 0 Å². The van der Waals surface area contributed by atoms with Gasteiger partial charge in [0.25, 0.3) is 5.69 Å². The molecule has 1 aromatic carbocycles. The Morgan fingerprint density at radius 3 is 3.00 bits per heavy atom. The highest BCUT2D eigenvalue weighted by Gasteiger charge is 2.07. The van der Waals surface area contributed by atoms with Crippen LogP contribution in [-0.2, 0) is 6.42 Å². The normalized spacial score (nSPS) is 9.82. The van der Waals surface area contributed by atoms with Gasteiger partial charge in [-0.2, -0.15) is 10.4 Å². The first-order valence-corrected chi connectivity index (χ1v) is 4.87. The molecular weight excluding hydrogens is 220 g/mol. The Labute approximate surface area is 96.9 Å². The third-order valence-electron chi connectivity index (χ3n) is 2.21. The van der Waals surface area contributed by atoms with Crippen LogP contribution in [0, 0.1) is 21.4 Å². The molecule has 84 valence electrons. The highest BCUT2D eigenvalue weighted by Crippen LogP contribution is 2.16. The molecule has 0 aliphatic heterocycles. The summed E-state index contributed by atoms with van der Waals surface area (Å²) in [6.45, 7) is 0. The van der Waals surface area contributed by atoms with Crippen LogP contribution < -0.4 is 0 Å². The van der Waals surface area contributed by atoms with E-state index < -0.39 is 4.92 Å². The summed E-state index contributed by atoms with van der Waals surface area (Å²) >= 11 is 0. The quantitative estimate of drug-likeness (QED) is 0.592.